The van der Waals surface area contributed by atoms with Crippen LogP contribution in [0.15, 0.2) is 132 Å². The highest BCUT2D eigenvalue weighted by Gasteiger charge is 2.35. The molecule has 8 bridgehead atoms. The maximum Gasteiger partial charge on any atom is 0.677 e. The molecule has 2 aliphatic rings. The maximum atomic E-state index is 16.9. The molecule has 6 aromatic heterocycles. The highest BCUT2D eigenvalue weighted by molar-refractivity contribution is 6.41. The van der Waals surface area contributed by atoms with Gasteiger partial charge in [-0.3, -0.25) is 13.6 Å². The molecule has 0 saturated carbocycles. The van der Waals surface area contributed by atoms with Crippen molar-refractivity contribution < 1.29 is 58.7 Å². The minimum Gasteiger partial charge on any atom is -0.508 e. The Bertz CT molecular complexity index is 4310. The fourth-order valence-electron chi connectivity index (χ4n) is 9.51. The monoisotopic (exact) mass is 1070 g/mol. The fourth-order valence-corrected chi connectivity index (χ4v) is 9.51. The lowest BCUT2D eigenvalue weighted by Crippen LogP contribution is -2.17. The zero-order valence-electron chi connectivity index (χ0n) is 39.3. The number of aliphatic imine (C=N–C) groups is 1. The first-order chi connectivity index (χ1) is 37.6. The summed E-state index contributed by atoms with van der Waals surface area (Å²) >= 11 is 0. The number of aromatic amines is 3. The van der Waals surface area contributed by atoms with Crippen LogP contribution in [0.3, 0.4) is 0 Å². The summed E-state index contributed by atoms with van der Waals surface area (Å²) in [6.07, 6.45) is 8.08. The predicted molar refractivity (Wildman–Crippen MR) is 272 cm³/mol. The molecule has 12 rings (SSSR count). The van der Waals surface area contributed by atoms with E-state index in [0.29, 0.717) is 60.5 Å². The number of halogens is 10. The summed E-state index contributed by atoms with van der Waals surface area (Å²) in [7, 11) is -3.24. The summed E-state index contributed by atoms with van der Waals surface area (Å²) in [5.74, 6) is -17.8. The molecule has 12 nitrogen and oxygen atoms in total. The van der Waals surface area contributed by atoms with E-state index >= 15 is 35.1 Å². The number of hydrogen-bond acceptors (Lipinski definition) is 7. The van der Waals surface area contributed by atoms with Gasteiger partial charge < -0.3 is 34.4 Å². The second-order valence-corrected chi connectivity index (χ2v) is 17.7. The number of benzene rings is 4. The van der Waals surface area contributed by atoms with E-state index in [1.165, 1.54) is 54.6 Å². The lowest BCUT2D eigenvalue weighted by molar-refractivity contribution is 0.258. The van der Waals surface area contributed by atoms with Gasteiger partial charge in [0.05, 0.1) is 45.4 Å². The third kappa shape index (κ3) is 8.13. The number of nitrogens with one attached hydrogen (secondary N) is 3. The van der Waals surface area contributed by atoms with Gasteiger partial charge in [0.25, 0.3) is 0 Å². The molecule has 0 aliphatic carbocycles. The first-order valence-electron chi connectivity index (χ1n) is 23.3. The molecular weight excluding hydrogens is 1040 g/mol. The van der Waals surface area contributed by atoms with Gasteiger partial charge in [-0.1, -0.05) is 29.5 Å². The van der Waals surface area contributed by atoms with Crippen LogP contribution < -0.4 is 4.74 Å². The average molecular weight is 1070 g/mol. The van der Waals surface area contributed by atoms with Gasteiger partial charge in [0.15, 0.2) is 40.7 Å². The molecule has 23 heteroatoms. The second kappa shape index (κ2) is 19.0. The van der Waals surface area contributed by atoms with Gasteiger partial charge in [-0.15, -0.1) is 5.10 Å². The smallest absolute Gasteiger partial charge is 0.508 e. The van der Waals surface area contributed by atoms with Crippen molar-refractivity contribution in [1.82, 2.24) is 39.4 Å². The lowest BCUT2D eigenvalue weighted by Gasteiger charge is -2.17. The van der Waals surface area contributed by atoms with Gasteiger partial charge in [-0.2, -0.15) is 8.78 Å². The second-order valence-electron chi connectivity index (χ2n) is 17.7. The molecule has 78 heavy (non-hydrogen) atoms. The van der Waals surface area contributed by atoms with Crippen molar-refractivity contribution in [2.75, 3.05) is 0 Å². The number of aromatic hydroxyl groups is 2. The SMILES string of the molecule is Oc1ccc(-c2c3nc(c(-c4c(F)c(F)c(OCc5cn(-c6c(F)c(F)c(/C(=C7/C=CC=N7)c7cccn7B(F)F)c(F)c6F)nn5)c(F)c4F)c4ccc([nH]4)c(-c4ccc(O)cc4)c4ccc([nH]4)c4ccc2[nH]4)C=C3)cc1. The Hall–Kier alpha value is -10.1. The first kappa shape index (κ1) is 48.9. The summed E-state index contributed by atoms with van der Waals surface area (Å²) in [5, 5.41) is 27.4. The van der Waals surface area contributed by atoms with Crippen molar-refractivity contribution >= 4 is 64.4 Å². The van der Waals surface area contributed by atoms with Gasteiger partial charge in [0.2, 0.25) is 11.6 Å². The maximum absolute atomic E-state index is 16.9. The van der Waals surface area contributed by atoms with Crippen LogP contribution in [0.2, 0.25) is 0 Å². The zero-order valence-corrected chi connectivity index (χ0v) is 39.3. The van der Waals surface area contributed by atoms with Crippen molar-refractivity contribution in [3.05, 3.63) is 202 Å². The largest absolute Gasteiger partial charge is 0.677 e. The molecule has 5 N–H and O–H groups in total. The number of nitrogens with zero attached hydrogens (tertiary/aromatic N) is 6. The molecule has 0 radical (unpaired) electrons. The molecule has 386 valence electrons. The van der Waals surface area contributed by atoms with Crippen LogP contribution in [0, 0.1) is 46.5 Å². The van der Waals surface area contributed by atoms with Crippen LogP contribution in [-0.4, -0.2) is 63.2 Å². The van der Waals surface area contributed by atoms with Crippen molar-refractivity contribution in [2.24, 2.45) is 4.99 Å². The van der Waals surface area contributed by atoms with E-state index in [0.717, 1.165) is 24.5 Å². The number of hydrogen-bond donors (Lipinski definition) is 5. The third-order valence-corrected chi connectivity index (χ3v) is 13.0. The van der Waals surface area contributed by atoms with E-state index < -0.39 is 106 Å². The molecule has 2 aliphatic heterocycles. The fraction of sp³-hybridized carbons (Fsp3) is 0.0182. The van der Waals surface area contributed by atoms with Crippen LogP contribution in [0.1, 0.15) is 28.3 Å². The van der Waals surface area contributed by atoms with Crippen LogP contribution in [0.4, 0.5) is 43.8 Å². The highest BCUT2D eigenvalue weighted by atomic mass is 19.2. The van der Waals surface area contributed by atoms with E-state index in [-0.39, 0.29) is 38.8 Å². The number of phenols is 2. The van der Waals surface area contributed by atoms with Crippen molar-refractivity contribution in [2.45, 2.75) is 6.61 Å². The molecule has 0 fully saturated rings. The number of fused-ring (bicyclic) bond motifs is 9. The predicted octanol–water partition coefficient (Wildman–Crippen LogP) is 13.4. The standard InChI is InChI=1S/C55H30BF10N9O3/c57-46-45(43(32-3-1-21-67-32)39-4-2-22-74(39)56(65)66)47(58)51(62)54(50(46)61)75-23-27(72-73-75)24-78-55-52(63)48(59)44(49(60)53(55)64)42-37-19-17-35(70-37)40(25-5-9-28(76)10-6-25)33-15-13-30(68-33)31-14-16-34(69-31)41(36-18-20-38(42)71-36)26-7-11-29(77)12-8-26/h1-23,68-70,76-77H,24H2/b31-30?,40-33?,40-35?,41-34?,41-36?,42-37?,42-38?,43-32-. The number of ether oxygens (including phenoxy) is 1. The minimum atomic E-state index is -3.24. The molecule has 10 aromatic rings. The molecule has 0 atom stereocenters. The van der Waals surface area contributed by atoms with E-state index in [1.807, 2.05) is 12.1 Å². The normalized spacial score (nSPS) is 13.2. The number of phenolic OH excluding ortho intramolecular Hbond substituents is 2. The average Bonchev–Trinajstić information content (AvgIpc) is 4.42. The molecule has 0 spiro atoms. The number of aromatic nitrogens is 8. The highest BCUT2D eigenvalue weighted by Crippen LogP contribution is 2.43. The molecule has 8 heterocycles. The first-order valence-corrected chi connectivity index (χ1v) is 23.3. The number of H-pyrrole nitrogens is 3. The lowest BCUT2D eigenvalue weighted by atomic mass is 9.96. The van der Waals surface area contributed by atoms with E-state index in [4.69, 9.17) is 9.72 Å². The molecule has 0 saturated heterocycles. The van der Waals surface area contributed by atoms with Crippen LogP contribution in [-0.2, 0) is 6.61 Å². The van der Waals surface area contributed by atoms with E-state index in [1.54, 1.807) is 42.5 Å². The van der Waals surface area contributed by atoms with Crippen molar-refractivity contribution in [1.29, 1.82) is 0 Å². The van der Waals surface area contributed by atoms with Crippen LogP contribution >= 0.6 is 0 Å². The Kier molecular flexibility index (Phi) is 11.9. The van der Waals surface area contributed by atoms with Gasteiger partial charge in [-0.25, -0.2) is 36.0 Å². The van der Waals surface area contributed by atoms with Crippen molar-refractivity contribution in [3.63, 3.8) is 0 Å². The Morgan fingerprint density at radius 1 is 0.564 bits per heavy atom. The quantitative estimate of drug-likeness (QED) is 0.0521. The van der Waals surface area contributed by atoms with Gasteiger partial charge in [-0.05, 0) is 114 Å². The topological polar surface area (TPSA) is 158 Å². The Morgan fingerprint density at radius 2 is 1.09 bits per heavy atom. The molecular formula is C55H30BF10N9O3. The van der Waals surface area contributed by atoms with Gasteiger partial charge in [0, 0.05) is 56.2 Å². The summed E-state index contributed by atoms with van der Waals surface area (Å²) in [5.41, 5.74) is -1.81. The van der Waals surface area contributed by atoms with Crippen molar-refractivity contribution in [3.8, 4) is 56.3 Å². The molecule has 0 unspecified atom stereocenters. The zero-order chi connectivity index (χ0) is 54.3. The summed E-state index contributed by atoms with van der Waals surface area (Å²) in [6, 6.07) is 24.7. The Labute approximate surface area is 431 Å². The third-order valence-electron chi connectivity index (χ3n) is 13.0. The Morgan fingerprint density at radius 3 is 1.65 bits per heavy atom. The van der Waals surface area contributed by atoms with Gasteiger partial charge >= 0.3 is 7.40 Å². The minimum absolute atomic E-state index is 0.0272. The molecule has 4 aromatic carbocycles. The van der Waals surface area contributed by atoms with Crippen LogP contribution in [0.25, 0.3) is 89.9 Å². The Balaban J connectivity index is 0.967. The summed E-state index contributed by atoms with van der Waals surface area (Å²) in [4.78, 5) is 18.6. The van der Waals surface area contributed by atoms with Gasteiger partial charge in [0.1, 0.15) is 29.5 Å². The van der Waals surface area contributed by atoms with E-state index in [2.05, 4.69) is 30.3 Å². The number of rotatable bonds is 10. The van der Waals surface area contributed by atoms with Crippen LogP contribution in [0.5, 0.6) is 17.2 Å². The number of allylic oxidation sites excluding steroid dienone is 2. The molecule has 0 amide bonds. The summed E-state index contributed by atoms with van der Waals surface area (Å²) < 4.78 is 165. The summed E-state index contributed by atoms with van der Waals surface area (Å²) in [6.45, 7) is -1.10. The van der Waals surface area contributed by atoms with E-state index in [9.17, 15) is 18.8 Å².